The summed E-state index contributed by atoms with van der Waals surface area (Å²) in [6.45, 7) is 2.53. The van der Waals surface area contributed by atoms with Crippen LogP contribution in [-0.2, 0) is 37.5 Å². The SMILES string of the molecule is CC/C=C\C/C=C\C/C=C\CCCCCCCCCC(=O)OC[C@H](COP(=O)(O)OC[C@H](N)C(=O)O)OC(=O)CCCCCCC/C=C\C/C=C\C/C=C\CC. The molecule has 11 nitrogen and oxygen atoms in total. The number of carboxylic acid groups (broad SMARTS) is 1. The van der Waals surface area contributed by atoms with E-state index in [0.717, 1.165) is 103 Å². The van der Waals surface area contributed by atoms with Gasteiger partial charge in [-0.25, -0.2) is 4.57 Å². The van der Waals surface area contributed by atoms with Crippen molar-refractivity contribution in [2.45, 2.75) is 167 Å². The zero-order valence-corrected chi connectivity index (χ0v) is 35.3. The molecule has 0 spiro atoms. The van der Waals surface area contributed by atoms with E-state index in [1.54, 1.807) is 0 Å². The maximum atomic E-state index is 12.6. The van der Waals surface area contributed by atoms with Crippen molar-refractivity contribution < 1.29 is 47.5 Å². The lowest BCUT2D eigenvalue weighted by Crippen LogP contribution is -2.34. The van der Waals surface area contributed by atoms with Crippen LogP contribution >= 0.6 is 7.82 Å². The zero-order chi connectivity index (χ0) is 41.4. The number of carboxylic acids is 1. The molecule has 12 heteroatoms. The van der Waals surface area contributed by atoms with E-state index in [1.807, 2.05) is 0 Å². The maximum Gasteiger partial charge on any atom is 0.472 e. The third-order valence-corrected chi connectivity index (χ3v) is 9.40. The highest BCUT2D eigenvalue weighted by molar-refractivity contribution is 7.47. The third-order valence-electron chi connectivity index (χ3n) is 8.45. The second-order valence-electron chi connectivity index (χ2n) is 13.7. The molecule has 0 rings (SSSR count). The second kappa shape index (κ2) is 38.8. The molecular weight excluding hydrogens is 733 g/mol. The van der Waals surface area contributed by atoms with Gasteiger partial charge in [0, 0.05) is 12.8 Å². The number of allylic oxidation sites excluding steroid dienone is 12. The van der Waals surface area contributed by atoms with Gasteiger partial charge >= 0.3 is 25.7 Å². The normalized spacial score (nSPS) is 14.5. The van der Waals surface area contributed by atoms with Crippen molar-refractivity contribution in [3.05, 3.63) is 72.9 Å². The summed E-state index contributed by atoms with van der Waals surface area (Å²) in [7, 11) is -4.73. The first-order valence-corrected chi connectivity index (χ1v) is 22.5. The summed E-state index contributed by atoms with van der Waals surface area (Å²) >= 11 is 0. The van der Waals surface area contributed by atoms with Gasteiger partial charge in [-0.1, -0.05) is 138 Å². The highest BCUT2D eigenvalue weighted by atomic mass is 31.2. The molecule has 320 valence electrons. The van der Waals surface area contributed by atoms with Crippen LogP contribution in [0.5, 0.6) is 0 Å². The first kappa shape index (κ1) is 52.9. The van der Waals surface area contributed by atoms with E-state index in [1.165, 1.54) is 12.8 Å². The number of carbonyl (C=O) groups excluding carboxylic acids is 2. The molecule has 0 saturated heterocycles. The highest BCUT2D eigenvalue weighted by Crippen LogP contribution is 2.43. The molecule has 0 amide bonds. The number of phosphoric acid groups is 1. The predicted molar refractivity (Wildman–Crippen MR) is 226 cm³/mol. The average molecular weight is 808 g/mol. The van der Waals surface area contributed by atoms with Gasteiger partial charge in [-0.05, 0) is 77.0 Å². The number of hydrogen-bond donors (Lipinski definition) is 3. The number of carbonyl (C=O) groups is 3. The molecule has 1 unspecified atom stereocenters. The van der Waals surface area contributed by atoms with Crippen LogP contribution in [0.15, 0.2) is 72.9 Å². The molecule has 0 saturated carbocycles. The molecule has 0 bridgehead atoms. The van der Waals surface area contributed by atoms with Gasteiger partial charge in [-0.2, -0.15) is 0 Å². The minimum atomic E-state index is -4.73. The molecule has 0 aromatic carbocycles. The van der Waals surface area contributed by atoms with Crippen LogP contribution in [0.25, 0.3) is 0 Å². The quantitative estimate of drug-likeness (QED) is 0.0235. The highest BCUT2D eigenvalue weighted by Gasteiger charge is 2.28. The lowest BCUT2D eigenvalue weighted by molar-refractivity contribution is -0.161. The van der Waals surface area contributed by atoms with E-state index in [-0.39, 0.29) is 19.4 Å². The molecule has 0 aliphatic heterocycles. The van der Waals surface area contributed by atoms with E-state index in [4.69, 9.17) is 24.8 Å². The van der Waals surface area contributed by atoms with E-state index in [0.29, 0.717) is 12.8 Å². The minimum absolute atomic E-state index is 0.136. The molecule has 0 fully saturated rings. The summed E-state index contributed by atoms with van der Waals surface area (Å²) in [5.41, 5.74) is 5.33. The first-order valence-electron chi connectivity index (χ1n) is 21.0. The van der Waals surface area contributed by atoms with E-state index < -0.39 is 51.1 Å². The van der Waals surface area contributed by atoms with Crippen LogP contribution in [0.4, 0.5) is 0 Å². The van der Waals surface area contributed by atoms with Crippen molar-refractivity contribution in [2.24, 2.45) is 5.73 Å². The Bertz CT molecular complexity index is 1230. The van der Waals surface area contributed by atoms with Crippen molar-refractivity contribution >= 4 is 25.7 Å². The van der Waals surface area contributed by atoms with Crippen LogP contribution < -0.4 is 5.73 Å². The number of unbranched alkanes of at least 4 members (excludes halogenated alkanes) is 12. The molecule has 0 aromatic rings. The number of esters is 2. The summed E-state index contributed by atoms with van der Waals surface area (Å²) in [6, 6.07) is -1.53. The standard InChI is InChI=1S/C44H74NO10P/c1-3-5-7-9-11-13-15-17-19-20-22-23-25-27-29-31-33-35-42(46)52-37-40(38-53-56(50,51)54-39-41(45)44(48)49)55-43(47)36-34-32-30-28-26-24-21-18-16-14-12-10-8-6-4-2/h5-8,11-14,17-19,21,40-41H,3-4,9-10,15-16,20,22-39,45H2,1-2H3,(H,48,49)(H,50,51)/b7-5-,8-6-,13-11-,14-12-,19-17-,21-18-/t40-,41+/m1/s1. The van der Waals surface area contributed by atoms with Crippen molar-refractivity contribution in [3.63, 3.8) is 0 Å². The molecule has 3 atom stereocenters. The fourth-order valence-electron chi connectivity index (χ4n) is 5.21. The van der Waals surface area contributed by atoms with Gasteiger partial charge < -0.3 is 25.2 Å². The lowest BCUT2D eigenvalue weighted by Gasteiger charge is -2.20. The molecule has 0 heterocycles. The summed E-state index contributed by atoms with van der Waals surface area (Å²) in [5, 5.41) is 8.88. The van der Waals surface area contributed by atoms with Crippen molar-refractivity contribution in [2.75, 3.05) is 19.8 Å². The second-order valence-corrected chi connectivity index (χ2v) is 15.2. The minimum Gasteiger partial charge on any atom is -0.480 e. The number of ether oxygens (including phenoxy) is 2. The smallest absolute Gasteiger partial charge is 0.472 e. The van der Waals surface area contributed by atoms with Crippen LogP contribution in [0.3, 0.4) is 0 Å². The van der Waals surface area contributed by atoms with Gasteiger partial charge in [0.15, 0.2) is 6.10 Å². The van der Waals surface area contributed by atoms with Crippen LogP contribution in [-0.4, -0.2) is 59.9 Å². The van der Waals surface area contributed by atoms with E-state index in [2.05, 4.69) is 91.3 Å². The number of nitrogens with two attached hydrogens (primary N) is 1. The summed E-state index contributed by atoms with van der Waals surface area (Å²) in [4.78, 5) is 45.9. The average Bonchev–Trinajstić information content (AvgIpc) is 3.17. The Hall–Kier alpha value is -3.08. The van der Waals surface area contributed by atoms with Crippen molar-refractivity contribution in [1.82, 2.24) is 0 Å². The molecular formula is C44H74NO10P. The Kier molecular flexibility index (Phi) is 36.6. The fraction of sp³-hybridized carbons (Fsp3) is 0.659. The summed E-state index contributed by atoms with van der Waals surface area (Å²) < 4.78 is 32.6. The van der Waals surface area contributed by atoms with Gasteiger partial charge in [0.1, 0.15) is 12.6 Å². The Labute approximate surface area is 338 Å². The fourth-order valence-corrected chi connectivity index (χ4v) is 5.99. The van der Waals surface area contributed by atoms with Gasteiger partial charge in [-0.3, -0.25) is 23.4 Å². The Morgan fingerprint density at radius 1 is 0.554 bits per heavy atom. The molecule has 0 aliphatic carbocycles. The molecule has 56 heavy (non-hydrogen) atoms. The molecule has 0 aromatic heterocycles. The van der Waals surface area contributed by atoms with Crippen molar-refractivity contribution in [3.8, 4) is 0 Å². The van der Waals surface area contributed by atoms with Crippen LogP contribution in [0, 0.1) is 0 Å². The van der Waals surface area contributed by atoms with Gasteiger partial charge in [0.05, 0.1) is 13.2 Å². The van der Waals surface area contributed by atoms with E-state index >= 15 is 0 Å². The topological polar surface area (TPSA) is 172 Å². The number of phosphoric ester groups is 1. The third kappa shape index (κ3) is 37.8. The predicted octanol–water partition coefficient (Wildman–Crippen LogP) is 10.9. The molecule has 0 radical (unpaired) electrons. The molecule has 4 N–H and O–H groups in total. The maximum absolute atomic E-state index is 12.6. The number of hydrogen-bond acceptors (Lipinski definition) is 9. The van der Waals surface area contributed by atoms with Gasteiger partial charge in [-0.15, -0.1) is 0 Å². The number of rotatable bonds is 38. The Morgan fingerprint density at radius 2 is 0.946 bits per heavy atom. The Morgan fingerprint density at radius 3 is 1.41 bits per heavy atom. The summed E-state index contributed by atoms with van der Waals surface area (Å²) in [5.74, 6) is -2.42. The summed E-state index contributed by atoms with van der Waals surface area (Å²) in [6.07, 6.45) is 45.3. The van der Waals surface area contributed by atoms with Gasteiger partial charge in [0.25, 0.3) is 0 Å². The number of aliphatic carboxylic acids is 1. The van der Waals surface area contributed by atoms with Gasteiger partial charge in [0.2, 0.25) is 0 Å². The van der Waals surface area contributed by atoms with Crippen molar-refractivity contribution in [1.29, 1.82) is 0 Å². The monoisotopic (exact) mass is 808 g/mol. The van der Waals surface area contributed by atoms with Crippen LogP contribution in [0.2, 0.25) is 0 Å². The van der Waals surface area contributed by atoms with E-state index in [9.17, 15) is 23.8 Å². The lowest BCUT2D eigenvalue weighted by atomic mass is 10.1. The Balaban J connectivity index is 4.43. The molecule has 0 aliphatic rings. The largest absolute Gasteiger partial charge is 0.480 e. The zero-order valence-electron chi connectivity index (χ0n) is 34.4. The van der Waals surface area contributed by atoms with Crippen LogP contribution in [0.1, 0.15) is 155 Å². The first-order chi connectivity index (χ1) is 27.1.